The Morgan fingerprint density at radius 1 is 1.00 bits per heavy atom. The summed E-state index contributed by atoms with van der Waals surface area (Å²) in [4.78, 5) is 0. The fourth-order valence-corrected chi connectivity index (χ4v) is 0.943. The summed E-state index contributed by atoms with van der Waals surface area (Å²) in [5.41, 5.74) is 1.21. The summed E-state index contributed by atoms with van der Waals surface area (Å²) in [5, 5.41) is 0. The van der Waals surface area contributed by atoms with Crippen molar-refractivity contribution in [1.29, 1.82) is 0 Å². The molecule has 0 saturated heterocycles. The molecule has 0 aromatic heterocycles. The standard InChI is InChI=1S/C6H10.2C5H5.Ti/c1-4-5-6(2)3;2*1-2-4-5-3-1;/h2,4H2,1,3H3;2*1-5H;/q;2*-1;+2. The number of rotatable bonds is 2. The molecule has 0 heterocycles. The van der Waals surface area contributed by atoms with E-state index in [9.17, 15) is 0 Å². The van der Waals surface area contributed by atoms with Gasteiger partial charge in [-0.1, -0.05) is 0 Å². The second-order valence-corrected chi connectivity index (χ2v) is 4.48. The Morgan fingerprint density at radius 2 is 1.35 bits per heavy atom. The van der Waals surface area contributed by atoms with Crippen LogP contribution in [0.1, 0.15) is 20.3 Å². The third-order valence-electron chi connectivity index (χ3n) is 1.98. The largest absolute Gasteiger partial charge is 0.214 e. The summed E-state index contributed by atoms with van der Waals surface area (Å²) < 4.78 is 1.40. The van der Waals surface area contributed by atoms with Crippen LogP contribution in [0, 0.1) is 0 Å². The molecule has 0 fully saturated rings. The normalized spacial score (nSPS) is 8.24. The molecule has 0 nitrogen and oxygen atoms in total. The minimum absolute atomic E-state index is 1.13. The molecule has 88 valence electrons. The summed E-state index contributed by atoms with van der Waals surface area (Å²) in [7, 11) is 0. The van der Waals surface area contributed by atoms with Gasteiger partial charge in [-0.05, 0) is 0 Å². The molecule has 17 heavy (non-hydrogen) atoms. The molecule has 0 amide bonds. The first-order chi connectivity index (χ1) is 8.18. The van der Waals surface area contributed by atoms with E-state index < -0.39 is 0 Å². The van der Waals surface area contributed by atoms with Crippen LogP contribution in [-0.2, 0) is 20.0 Å². The fourth-order valence-electron chi connectivity index (χ4n) is 0.943. The minimum atomic E-state index is 1.13. The van der Waals surface area contributed by atoms with E-state index >= 15 is 0 Å². The fraction of sp³-hybridized carbons (Fsp3) is 0.188. The van der Waals surface area contributed by atoms with Crippen LogP contribution in [0.25, 0.3) is 0 Å². The Kier molecular flexibility index (Phi) is 10.8. The minimum Gasteiger partial charge on any atom is -0.214 e. The van der Waals surface area contributed by atoms with Gasteiger partial charge < -0.3 is 0 Å². The molecule has 0 aliphatic carbocycles. The third kappa shape index (κ3) is 11.3. The van der Waals surface area contributed by atoms with Crippen molar-refractivity contribution in [3.63, 3.8) is 0 Å². The van der Waals surface area contributed by atoms with Crippen molar-refractivity contribution in [3.8, 4) is 0 Å². The van der Waals surface area contributed by atoms with Gasteiger partial charge >= 0.3 is 56.2 Å². The van der Waals surface area contributed by atoms with Crippen molar-refractivity contribution in [1.82, 2.24) is 0 Å². The van der Waals surface area contributed by atoms with E-state index in [1.54, 1.807) is 0 Å². The van der Waals surface area contributed by atoms with E-state index in [0.717, 1.165) is 6.42 Å². The third-order valence-corrected chi connectivity index (χ3v) is 3.20. The predicted octanol–water partition coefficient (Wildman–Crippen LogP) is 4.50. The Bertz CT molecular complexity index is 305. The summed E-state index contributed by atoms with van der Waals surface area (Å²) in [6, 6.07) is 20.0. The maximum atomic E-state index is 3.79. The van der Waals surface area contributed by atoms with Crippen molar-refractivity contribution < 1.29 is 20.0 Å². The van der Waals surface area contributed by atoms with Gasteiger partial charge in [-0.2, -0.15) is 36.4 Å². The molecule has 0 aliphatic rings. The molecule has 2 aromatic rings. The Balaban J connectivity index is 0.000000229. The van der Waals surface area contributed by atoms with E-state index in [-0.39, 0.29) is 0 Å². The molecule has 0 spiro atoms. The summed E-state index contributed by atoms with van der Waals surface area (Å²) in [6.07, 6.45) is 1.13. The zero-order valence-electron chi connectivity index (χ0n) is 10.7. The molecule has 0 aliphatic heterocycles. The van der Waals surface area contributed by atoms with Gasteiger partial charge in [0.05, 0.1) is 0 Å². The van der Waals surface area contributed by atoms with Crippen LogP contribution in [0.3, 0.4) is 0 Å². The Labute approximate surface area is 117 Å². The quantitative estimate of drug-likeness (QED) is 0.550. The molecule has 2 aromatic carbocycles. The van der Waals surface area contributed by atoms with E-state index in [4.69, 9.17) is 0 Å². The van der Waals surface area contributed by atoms with Crippen LogP contribution in [0.5, 0.6) is 0 Å². The number of hydrogen-bond acceptors (Lipinski definition) is 0. The van der Waals surface area contributed by atoms with Gasteiger partial charge in [0.25, 0.3) is 0 Å². The SMILES string of the molecule is C=C(C)[C](=[Ti+2])CC.c1cc[cH-]c1.c1cc[cH-]c1. The van der Waals surface area contributed by atoms with Gasteiger partial charge in [0.1, 0.15) is 0 Å². The molecular weight excluding hydrogens is 240 g/mol. The number of allylic oxidation sites excluding steroid dienone is 1. The van der Waals surface area contributed by atoms with Crippen molar-refractivity contribution in [2.75, 3.05) is 0 Å². The van der Waals surface area contributed by atoms with Gasteiger partial charge in [-0.25, -0.2) is 24.3 Å². The molecule has 2 rings (SSSR count). The smallest absolute Gasteiger partial charge is 0.172 e. The second-order valence-electron chi connectivity index (χ2n) is 3.54. The molecule has 0 N–H and O–H groups in total. The van der Waals surface area contributed by atoms with Gasteiger partial charge in [0, 0.05) is 0 Å². The van der Waals surface area contributed by atoms with E-state index in [2.05, 4.69) is 33.5 Å². The van der Waals surface area contributed by atoms with Crippen LogP contribution in [0.4, 0.5) is 0 Å². The molecular formula is C16H20Ti. The topological polar surface area (TPSA) is 0 Å². The van der Waals surface area contributed by atoms with Crippen molar-refractivity contribution in [3.05, 3.63) is 72.8 Å². The molecule has 0 atom stereocenters. The zero-order valence-corrected chi connectivity index (χ0v) is 12.2. The van der Waals surface area contributed by atoms with Crippen LogP contribution in [0.15, 0.2) is 72.8 Å². The van der Waals surface area contributed by atoms with Crippen molar-refractivity contribution >= 4 is 3.81 Å². The maximum Gasteiger partial charge on any atom is -0.172 e. The maximum absolute atomic E-state index is 3.79. The molecule has 0 unspecified atom stereocenters. The first-order valence-electron chi connectivity index (χ1n) is 5.75. The monoisotopic (exact) mass is 260 g/mol. The average molecular weight is 260 g/mol. The Morgan fingerprint density at radius 3 is 1.41 bits per heavy atom. The van der Waals surface area contributed by atoms with Crippen molar-refractivity contribution in [2.24, 2.45) is 0 Å². The van der Waals surface area contributed by atoms with Gasteiger partial charge in [0.15, 0.2) is 0 Å². The zero-order chi connectivity index (χ0) is 12.9. The summed E-state index contributed by atoms with van der Waals surface area (Å²) >= 11 is 2.11. The van der Waals surface area contributed by atoms with Crippen LogP contribution in [-0.4, -0.2) is 3.81 Å². The summed E-state index contributed by atoms with van der Waals surface area (Å²) in [6.45, 7) is 7.97. The summed E-state index contributed by atoms with van der Waals surface area (Å²) in [5.74, 6) is 0. The van der Waals surface area contributed by atoms with Gasteiger partial charge in [-0.15, -0.1) is 0 Å². The van der Waals surface area contributed by atoms with Crippen LogP contribution in [0.2, 0.25) is 0 Å². The number of hydrogen-bond donors (Lipinski definition) is 0. The first kappa shape index (κ1) is 16.0. The molecule has 0 radical (unpaired) electrons. The van der Waals surface area contributed by atoms with Gasteiger partial charge in [-0.3, -0.25) is 0 Å². The van der Waals surface area contributed by atoms with E-state index in [1.165, 1.54) is 9.38 Å². The second kappa shape index (κ2) is 11.5. The van der Waals surface area contributed by atoms with E-state index in [1.807, 2.05) is 67.6 Å². The predicted molar refractivity (Wildman–Crippen MR) is 74.2 cm³/mol. The van der Waals surface area contributed by atoms with Crippen LogP contribution < -0.4 is 0 Å². The molecule has 0 bridgehead atoms. The van der Waals surface area contributed by atoms with E-state index in [0.29, 0.717) is 0 Å². The van der Waals surface area contributed by atoms with Crippen molar-refractivity contribution in [2.45, 2.75) is 20.3 Å². The Hall–Kier alpha value is -0.976. The first-order valence-corrected chi connectivity index (χ1v) is 6.53. The molecule has 1 heteroatoms. The van der Waals surface area contributed by atoms with Gasteiger partial charge in [0.2, 0.25) is 0 Å². The molecule has 0 saturated carbocycles. The van der Waals surface area contributed by atoms with Crippen LogP contribution >= 0.6 is 0 Å². The average Bonchev–Trinajstić information content (AvgIpc) is 3.04.